The van der Waals surface area contributed by atoms with Gasteiger partial charge in [-0.3, -0.25) is 4.79 Å². The number of hydrogen-bond donors (Lipinski definition) is 1. The van der Waals surface area contributed by atoms with Gasteiger partial charge in [0.1, 0.15) is 16.6 Å². The number of rotatable bonds is 6. The van der Waals surface area contributed by atoms with E-state index in [1.165, 1.54) is 12.1 Å². The summed E-state index contributed by atoms with van der Waals surface area (Å²) in [6, 6.07) is 4.55. The van der Waals surface area contributed by atoms with Crippen molar-refractivity contribution in [3.63, 3.8) is 0 Å². The highest BCUT2D eigenvalue weighted by atomic mass is 32.1. The molecule has 0 radical (unpaired) electrons. The van der Waals surface area contributed by atoms with Crippen LogP contribution < -0.4 is 10.5 Å². The molecular formula is C14H17FN2O2S. The summed E-state index contributed by atoms with van der Waals surface area (Å²) in [4.78, 5) is 13.7. The Morgan fingerprint density at radius 1 is 1.55 bits per heavy atom. The van der Waals surface area contributed by atoms with Crippen molar-refractivity contribution in [2.24, 2.45) is 5.73 Å². The van der Waals surface area contributed by atoms with Gasteiger partial charge in [-0.05, 0) is 31.9 Å². The second-order valence-corrected chi connectivity index (χ2v) is 5.15. The number of ether oxygens (including phenoxy) is 1. The first-order chi connectivity index (χ1) is 9.52. The minimum Gasteiger partial charge on any atom is -0.484 e. The van der Waals surface area contributed by atoms with Gasteiger partial charge in [-0.15, -0.1) is 0 Å². The maximum absolute atomic E-state index is 13.6. The molecule has 4 nitrogen and oxygen atoms in total. The molecule has 6 heteroatoms. The van der Waals surface area contributed by atoms with Crippen molar-refractivity contribution in [2.75, 3.05) is 13.2 Å². The van der Waals surface area contributed by atoms with Crippen molar-refractivity contribution >= 4 is 23.1 Å². The molecule has 0 unspecified atom stereocenters. The second-order valence-electron chi connectivity index (χ2n) is 4.71. The third kappa shape index (κ3) is 3.45. The smallest absolute Gasteiger partial charge is 0.260 e. The summed E-state index contributed by atoms with van der Waals surface area (Å²) in [6.07, 6.45) is 2.10. The van der Waals surface area contributed by atoms with Crippen LogP contribution in [0.3, 0.4) is 0 Å². The largest absolute Gasteiger partial charge is 0.484 e. The van der Waals surface area contributed by atoms with E-state index in [9.17, 15) is 9.18 Å². The molecule has 1 fully saturated rings. The lowest BCUT2D eigenvalue weighted by molar-refractivity contribution is -0.133. The van der Waals surface area contributed by atoms with Crippen molar-refractivity contribution < 1.29 is 13.9 Å². The van der Waals surface area contributed by atoms with E-state index >= 15 is 0 Å². The molecule has 0 aromatic heterocycles. The van der Waals surface area contributed by atoms with Crippen molar-refractivity contribution in [1.29, 1.82) is 0 Å². The molecule has 0 aliphatic heterocycles. The highest BCUT2D eigenvalue weighted by Crippen LogP contribution is 2.26. The molecule has 1 saturated carbocycles. The molecule has 0 bridgehead atoms. The van der Waals surface area contributed by atoms with Gasteiger partial charge in [-0.1, -0.05) is 12.2 Å². The monoisotopic (exact) mass is 296 g/mol. The Balaban J connectivity index is 1.95. The lowest BCUT2D eigenvalue weighted by Gasteiger charge is -2.20. The van der Waals surface area contributed by atoms with E-state index in [2.05, 4.69) is 0 Å². The van der Waals surface area contributed by atoms with Crippen LogP contribution in [0.25, 0.3) is 0 Å². The number of hydrogen-bond acceptors (Lipinski definition) is 3. The Labute approximate surface area is 122 Å². The fraction of sp³-hybridized carbons (Fsp3) is 0.429. The first-order valence-electron chi connectivity index (χ1n) is 6.54. The molecule has 1 amide bonds. The van der Waals surface area contributed by atoms with Crippen LogP contribution in [0.15, 0.2) is 18.2 Å². The summed E-state index contributed by atoms with van der Waals surface area (Å²) in [5.74, 6) is -0.325. The first kappa shape index (κ1) is 14.7. The highest BCUT2D eigenvalue weighted by Gasteiger charge is 2.31. The fourth-order valence-electron chi connectivity index (χ4n) is 2.04. The summed E-state index contributed by atoms with van der Waals surface area (Å²) >= 11 is 4.72. The van der Waals surface area contributed by atoms with E-state index in [0.717, 1.165) is 12.8 Å². The normalized spacial score (nSPS) is 13.9. The Bertz CT molecular complexity index is 532. The molecule has 2 N–H and O–H groups in total. The number of nitrogens with zero attached hydrogens (tertiary/aromatic N) is 1. The quantitative estimate of drug-likeness (QED) is 0.814. The van der Waals surface area contributed by atoms with Gasteiger partial charge in [0.25, 0.3) is 5.91 Å². The van der Waals surface area contributed by atoms with Crippen LogP contribution in [-0.4, -0.2) is 35.0 Å². The third-order valence-corrected chi connectivity index (χ3v) is 3.44. The van der Waals surface area contributed by atoms with E-state index in [0.29, 0.717) is 18.3 Å². The molecule has 0 spiro atoms. The number of amides is 1. The van der Waals surface area contributed by atoms with Gasteiger partial charge < -0.3 is 15.4 Å². The van der Waals surface area contributed by atoms with Crippen LogP contribution >= 0.6 is 12.2 Å². The topological polar surface area (TPSA) is 55.6 Å². The molecule has 0 saturated heterocycles. The van der Waals surface area contributed by atoms with E-state index in [1.807, 2.05) is 6.92 Å². The van der Waals surface area contributed by atoms with Crippen molar-refractivity contribution in [3.05, 3.63) is 29.6 Å². The van der Waals surface area contributed by atoms with Crippen molar-refractivity contribution in [2.45, 2.75) is 25.8 Å². The van der Waals surface area contributed by atoms with Gasteiger partial charge in [-0.25, -0.2) is 4.39 Å². The summed E-state index contributed by atoms with van der Waals surface area (Å²) in [5, 5.41) is 0. The van der Waals surface area contributed by atoms with Crippen molar-refractivity contribution in [1.82, 2.24) is 4.90 Å². The average molecular weight is 296 g/mol. The van der Waals surface area contributed by atoms with Gasteiger partial charge in [0, 0.05) is 24.2 Å². The molecular weight excluding hydrogens is 279 g/mol. The molecule has 0 heterocycles. The van der Waals surface area contributed by atoms with Gasteiger partial charge in [0.05, 0.1) is 0 Å². The number of benzene rings is 1. The van der Waals surface area contributed by atoms with E-state index in [4.69, 9.17) is 22.7 Å². The second kappa shape index (κ2) is 6.17. The van der Waals surface area contributed by atoms with E-state index in [1.54, 1.807) is 11.0 Å². The van der Waals surface area contributed by atoms with Crippen molar-refractivity contribution in [3.8, 4) is 5.75 Å². The summed E-state index contributed by atoms with van der Waals surface area (Å²) in [7, 11) is 0. The lowest BCUT2D eigenvalue weighted by Crippen LogP contribution is -2.36. The standard InChI is InChI=1S/C14H17FN2O2S/c1-2-17(9-3-4-9)13(18)8-19-10-5-6-11(14(16)20)12(15)7-10/h5-7,9H,2-4,8H2,1H3,(H2,16,20). The number of thiocarbonyl (C=S) groups is 1. The van der Waals surface area contributed by atoms with Crippen LogP contribution in [0, 0.1) is 5.82 Å². The molecule has 1 aromatic rings. The van der Waals surface area contributed by atoms with E-state index in [-0.39, 0.29) is 23.1 Å². The lowest BCUT2D eigenvalue weighted by atomic mass is 10.2. The number of carbonyl (C=O) groups is 1. The average Bonchev–Trinajstić information content (AvgIpc) is 3.21. The van der Waals surface area contributed by atoms with Gasteiger partial charge in [0.15, 0.2) is 6.61 Å². The van der Waals surface area contributed by atoms with E-state index < -0.39 is 5.82 Å². The van der Waals surface area contributed by atoms with Gasteiger partial charge >= 0.3 is 0 Å². The Morgan fingerprint density at radius 2 is 2.25 bits per heavy atom. The predicted octanol–water partition coefficient (Wildman–Crippen LogP) is 1.85. The molecule has 1 aliphatic rings. The molecule has 2 rings (SSSR count). The summed E-state index contributed by atoms with van der Waals surface area (Å²) in [6.45, 7) is 2.52. The van der Waals surface area contributed by atoms with Crippen LogP contribution in [0.2, 0.25) is 0 Å². The third-order valence-electron chi connectivity index (χ3n) is 3.22. The maximum Gasteiger partial charge on any atom is 0.260 e. The summed E-state index contributed by atoms with van der Waals surface area (Å²) < 4.78 is 19.0. The fourth-order valence-corrected chi connectivity index (χ4v) is 2.20. The Morgan fingerprint density at radius 3 is 2.75 bits per heavy atom. The van der Waals surface area contributed by atoms with Crippen LogP contribution in [0.1, 0.15) is 25.3 Å². The molecule has 0 atom stereocenters. The number of carbonyl (C=O) groups excluding carboxylic acids is 1. The van der Waals surface area contributed by atoms with Crippen LogP contribution in [0.5, 0.6) is 5.75 Å². The zero-order valence-corrected chi connectivity index (χ0v) is 12.1. The number of halogens is 1. The highest BCUT2D eigenvalue weighted by molar-refractivity contribution is 7.80. The Hall–Kier alpha value is -1.69. The van der Waals surface area contributed by atoms with Crippen LogP contribution in [0.4, 0.5) is 4.39 Å². The minimum absolute atomic E-state index is 0.00369. The van der Waals surface area contributed by atoms with Gasteiger partial charge in [0.2, 0.25) is 0 Å². The SMILES string of the molecule is CCN(C(=O)COc1ccc(C(N)=S)c(F)c1)C1CC1. The first-order valence-corrected chi connectivity index (χ1v) is 6.95. The summed E-state index contributed by atoms with van der Waals surface area (Å²) in [5.41, 5.74) is 5.55. The number of nitrogens with two attached hydrogens (primary N) is 1. The van der Waals surface area contributed by atoms with Gasteiger partial charge in [-0.2, -0.15) is 0 Å². The number of likely N-dealkylation sites (N-methyl/N-ethyl adjacent to an activating group) is 1. The van der Waals surface area contributed by atoms with Crippen LogP contribution in [-0.2, 0) is 4.79 Å². The molecule has 1 aromatic carbocycles. The molecule has 108 valence electrons. The predicted molar refractivity (Wildman–Crippen MR) is 78.2 cm³/mol. The minimum atomic E-state index is -0.544. The zero-order chi connectivity index (χ0) is 14.7. The molecule has 1 aliphatic carbocycles. The molecule has 20 heavy (non-hydrogen) atoms. The maximum atomic E-state index is 13.6. The Kier molecular flexibility index (Phi) is 4.54. The zero-order valence-electron chi connectivity index (χ0n) is 11.3.